The summed E-state index contributed by atoms with van der Waals surface area (Å²) in [5.41, 5.74) is 1.58. The molecule has 2 aliphatic rings. The van der Waals surface area contributed by atoms with Crippen LogP contribution >= 0.6 is 11.6 Å². The number of anilines is 1. The van der Waals surface area contributed by atoms with Crippen LogP contribution in [0, 0.1) is 0 Å². The normalized spacial score (nSPS) is 18.8. The van der Waals surface area contributed by atoms with Gasteiger partial charge in [0.15, 0.2) is 0 Å². The summed E-state index contributed by atoms with van der Waals surface area (Å²) in [7, 11) is -4.05. The first-order valence-corrected chi connectivity index (χ1v) is 13.7. The topological polar surface area (TPSA) is 84.0 Å². The maximum Gasteiger partial charge on any atom is 0.252 e. The molecule has 1 unspecified atom stereocenters. The van der Waals surface area contributed by atoms with Crippen LogP contribution in [0.5, 0.6) is 5.75 Å². The van der Waals surface area contributed by atoms with Crippen LogP contribution in [0.2, 0.25) is 5.02 Å². The molecule has 1 heterocycles. The third-order valence-corrected chi connectivity index (χ3v) is 8.51. The molecule has 0 saturated carbocycles. The van der Waals surface area contributed by atoms with Crippen LogP contribution in [0.1, 0.15) is 45.4 Å². The van der Waals surface area contributed by atoms with Crippen molar-refractivity contribution in [2.24, 2.45) is 0 Å². The molecule has 4 rings (SSSR count). The van der Waals surface area contributed by atoms with E-state index in [1.807, 2.05) is 6.92 Å². The predicted octanol–water partition coefficient (Wildman–Crippen LogP) is 4.95. The van der Waals surface area contributed by atoms with Crippen molar-refractivity contribution in [3.05, 3.63) is 65.2 Å². The van der Waals surface area contributed by atoms with Crippen LogP contribution in [0.15, 0.2) is 65.1 Å². The number of hydrogen-bond donors (Lipinski definition) is 0. The fourth-order valence-electron chi connectivity index (χ4n) is 4.54. The van der Waals surface area contributed by atoms with Gasteiger partial charge >= 0.3 is 0 Å². The highest BCUT2D eigenvalue weighted by molar-refractivity contribution is 7.89. The Bertz CT molecular complexity index is 1210. The van der Waals surface area contributed by atoms with Gasteiger partial charge in [-0.05, 0) is 87.6 Å². The van der Waals surface area contributed by atoms with E-state index in [0.29, 0.717) is 29.5 Å². The second-order valence-electron chi connectivity index (χ2n) is 8.64. The number of allylic oxidation sites excluding steroid dienone is 1. The first-order valence-electron chi connectivity index (χ1n) is 11.9. The first kappa shape index (κ1) is 25.4. The van der Waals surface area contributed by atoms with Crippen LogP contribution in [-0.4, -0.2) is 43.7 Å². The standard InChI is InChI=1S/C26H29ClN2O5S/c1-2-34-22-12-10-21(11-13-22)29-25(30)18-24(26(29)31)28(17-16-19-6-4-3-5-7-19)35(32,33)23-14-8-20(27)9-15-23/h6,8-15,24H,2-5,7,16-18H2,1H3. The molecule has 35 heavy (non-hydrogen) atoms. The van der Waals surface area contributed by atoms with Gasteiger partial charge in [0.2, 0.25) is 15.9 Å². The maximum absolute atomic E-state index is 13.7. The third kappa shape index (κ3) is 5.60. The van der Waals surface area contributed by atoms with Crippen molar-refractivity contribution in [3.63, 3.8) is 0 Å². The van der Waals surface area contributed by atoms with Crippen molar-refractivity contribution in [2.45, 2.75) is 56.4 Å². The average molecular weight is 517 g/mol. The van der Waals surface area contributed by atoms with E-state index in [1.54, 1.807) is 24.3 Å². The molecule has 2 aromatic rings. The van der Waals surface area contributed by atoms with Gasteiger partial charge in [0.1, 0.15) is 11.8 Å². The van der Waals surface area contributed by atoms with E-state index in [9.17, 15) is 18.0 Å². The number of rotatable bonds is 9. The van der Waals surface area contributed by atoms with Gasteiger partial charge in [0, 0.05) is 11.6 Å². The Morgan fingerprint density at radius 2 is 1.77 bits per heavy atom. The number of imide groups is 1. The third-order valence-electron chi connectivity index (χ3n) is 6.33. The number of halogens is 1. The van der Waals surface area contributed by atoms with Crippen LogP contribution in [-0.2, 0) is 19.6 Å². The number of amides is 2. The number of benzene rings is 2. The molecular formula is C26H29ClN2O5S. The molecule has 1 aliphatic heterocycles. The maximum atomic E-state index is 13.7. The van der Waals surface area contributed by atoms with Gasteiger partial charge in [-0.3, -0.25) is 9.59 Å². The molecule has 2 amide bonds. The summed E-state index contributed by atoms with van der Waals surface area (Å²) in [6, 6.07) is 11.4. The molecule has 0 bridgehead atoms. The molecule has 186 valence electrons. The number of carbonyl (C=O) groups excluding carboxylic acids is 2. The van der Waals surface area contributed by atoms with Gasteiger partial charge < -0.3 is 4.74 Å². The monoisotopic (exact) mass is 516 g/mol. The zero-order valence-corrected chi connectivity index (χ0v) is 21.2. The molecule has 9 heteroatoms. The van der Waals surface area contributed by atoms with Gasteiger partial charge in [-0.1, -0.05) is 23.3 Å². The minimum atomic E-state index is -4.05. The average Bonchev–Trinajstić information content (AvgIpc) is 3.14. The van der Waals surface area contributed by atoms with Crippen molar-refractivity contribution in [1.29, 1.82) is 0 Å². The highest BCUT2D eigenvalue weighted by Gasteiger charge is 2.46. The van der Waals surface area contributed by atoms with Gasteiger partial charge in [0.25, 0.3) is 5.91 Å². The number of hydrogen-bond acceptors (Lipinski definition) is 5. The van der Waals surface area contributed by atoms with Gasteiger partial charge in [0.05, 0.1) is 23.6 Å². The van der Waals surface area contributed by atoms with Gasteiger partial charge in [-0.15, -0.1) is 0 Å². The summed E-state index contributed by atoms with van der Waals surface area (Å²) >= 11 is 5.96. The van der Waals surface area contributed by atoms with E-state index in [0.717, 1.165) is 30.6 Å². The molecular weight excluding hydrogens is 488 g/mol. The molecule has 0 spiro atoms. The SMILES string of the molecule is CCOc1ccc(N2C(=O)CC(N(CCC3=CCCCC3)S(=O)(=O)c3ccc(Cl)cc3)C2=O)cc1. The fraction of sp³-hybridized carbons (Fsp3) is 0.385. The summed E-state index contributed by atoms with van der Waals surface area (Å²) in [4.78, 5) is 27.5. The van der Waals surface area contributed by atoms with E-state index in [-0.39, 0.29) is 17.9 Å². The minimum absolute atomic E-state index is 0.0410. The van der Waals surface area contributed by atoms with Gasteiger partial charge in [-0.25, -0.2) is 13.3 Å². The smallest absolute Gasteiger partial charge is 0.252 e. The Kier molecular flexibility index (Phi) is 7.94. The van der Waals surface area contributed by atoms with E-state index in [2.05, 4.69) is 6.08 Å². The summed E-state index contributed by atoms with van der Waals surface area (Å²) in [5.74, 6) is -0.355. The molecule has 0 N–H and O–H groups in total. The van der Waals surface area contributed by atoms with Crippen molar-refractivity contribution >= 4 is 39.1 Å². The molecule has 0 aromatic heterocycles. The van der Waals surface area contributed by atoms with Crippen molar-refractivity contribution in [2.75, 3.05) is 18.1 Å². The Labute approximate surface area is 211 Å². The van der Waals surface area contributed by atoms with E-state index in [4.69, 9.17) is 16.3 Å². The largest absolute Gasteiger partial charge is 0.494 e. The lowest BCUT2D eigenvalue weighted by Crippen LogP contribution is -2.46. The lowest BCUT2D eigenvalue weighted by Gasteiger charge is -2.28. The lowest BCUT2D eigenvalue weighted by atomic mass is 9.97. The summed E-state index contributed by atoms with van der Waals surface area (Å²) in [6.45, 7) is 2.49. The Balaban J connectivity index is 1.64. The minimum Gasteiger partial charge on any atom is -0.494 e. The van der Waals surface area contributed by atoms with Crippen molar-refractivity contribution < 1.29 is 22.7 Å². The summed E-state index contributed by atoms with van der Waals surface area (Å²) < 4.78 is 34.0. The quantitative estimate of drug-likeness (QED) is 0.348. The summed E-state index contributed by atoms with van der Waals surface area (Å²) in [5, 5.41) is 0.414. The molecule has 0 radical (unpaired) electrons. The Morgan fingerprint density at radius 1 is 1.06 bits per heavy atom. The highest BCUT2D eigenvalue weighted by Crippen LogP contribution is 2.32. The highest BCUT2D eigenvalue weighted by atomic mass is 35.5. The lowest BCUT2D eigenvalue weighted by molar-refractivity contribution is -0.122. The van der Waals surface area contributed by atoms with E-state index >= 15 is 0 Å². The number of nitrogens with zero attached hydrogens (tertiary/aromatic N) is 2. The van der Waals surface area contributed by atoms with Crippen LogP contribution in [0.4, 0.5) is 5.69 Å². The zero-order valence-electron chi connectivity index (χ0n) is 19.7. The number of ether oxygens (including phenoxy) is 1. The van der Waals surface area contributed by atoms with Crippen LogP contribution in [0.25, 0.3) is 0 Å². The van der Waals surface area contributed by atoms with Crippen molar-refractivity contribution in [1.82, 2.24) is 4.31 Å². The first-order chi connectivity index (χ1) is 16.8. The predicted molar refractivity (Wildman–Crippen MR) is 135 cm³/mol. The Morgan fingerprint density at radius 3 is 2.40 bits per heavy atom. The molecule has 1 atom stereocenters. The molecule has 1 saturated heterocycles. The van der Waals surface area contributed by atoms with Crippen molar-refractivity contribution in [3.8, 4) is 5.75 Å². The molecule has 7 nitrogen and oxygen atoms in total. The van der Waals surface area contributed by atoms with Gasteiger partial charge in [-0.2, -0.15) is 4.31 Å². The second kappa shape index (κ2) is 10.9. The molecule has 1 fully saturated rings. The van der Waals surface area contributed by atoms with Crippen LogP contribution < -0.4 is 9.64 Å². The second-order valence-corrected chi connectivity index (χ2v) is 11.0. The van der Waals surface area contributed by atoms with E-state index < -0.39 is 27.9 Å². The number of carbonyl (C=O) groups is 2. The van der Waals surface area contributed by atoms with Crippen LogP contribution in [0.3, 0.4) is 0 Å². The molecule has 1 aliphatic carbocycles. The summed E-state index contributed by atoms with van der Waals surface area (Å²) in [6.07, 6.45) is 6.57. The number of sulfonamides is 1. The van der Waals surface area contributed by atoms with E-state index in [1.165, 1.54) is 34.1 Å². The molecule has 2 aromatic carbocycles. The zero-order chi connectivity index (χ0) is 25.0. The Hall–Kier alpha value is -2.68. The fourth-order valence-corrected chi connectivity index (χ4v) is 6.25.